The zero-order valence-electron chi connectivity index (χ0n) is 14.8. The predicted octanol–water partition coefficient (Wildman–Crippen LogP) is 7.35. The SMILES string of the molecule is C/C=C/c1ccc(Cl)cc1-c1ccc2c(c1)-c1ccccc1C2(C)C. The highest BCUT2D eigenvalue weighted by Gasteiger charge is 2.35. The molecule has 0 N–H and O–H groups in total. The number of rotatable bonds is 2. The van der Waals surface area contributed by atoms with E-state index < -0.39 is 0 Å². The monoisotopic (exact) mass is 344 g/mol. The molecule has 0 heterocycles. The summed E-state index contributed by atoms with van der Waals surface area (Å²) in [6.45, 7) is 6.66. The largest absolute Gasteiger partial charge is 0.0870 e. The number of allylic oxidation sites excluding steroid dienone is 1. The fourth-order valence-corrected chi connectivity index (χ4v) is 4.16. The Morgan fingerprint density at radius 2 is 1.56 bits per heavy atom. The van der Waals surface area contributed by atoms with Crippen LogP contribution in [-0.4, -0.2) is 0 Å². The van der Waals surface area contributed by atoms with Crippen molar-refractivity contribution < 1.29 is 0 Å². The summed E-state index contributed by atoms with van der Waals surface area (Å²) in [4.78, 5) is 0. The van der Waals surface area contributed by atoms with Crippen LogP contribution < -0.4 is 0 Å². The van der Waals surface area contributed by atoms with Gasteiger partial charge in [0, 0.05) is 10.4 Å². The van der Waals surface area contributed by atoms with E-state index in [4.69, 9.17) is 11.6 Å². The normalized spacial score (nSPS) is 14.6. The van der Waals surface area contributed by atoms with Crippen molar-refractivity contribution in [1.82, 2.24) is 0 Å². The van der Waals surface area contributed by atoms with Crippen LogP contribution in [0.1, 0.15) is 37.5 Å². The van der Waals surface area contributed by atoms with Crippen LogP contribution in [0.25, 0.3) is 28.3 Å². The molecule has 0 unspecified atom stereocenters. The van der Waals surface area contributed by atoms with Gasteiger partial charge in [-0.05, 0) is 64.1 Å². The summed E-state index contributed by atoms with van der Waals surface area (Å²) in [5.41, 5.74) is 9.11. The van der Waals surface area contributed by atoms with E-state index in [1.165, 1.54) is 38.9 Å². The van der Waals surface area contributed by atoms with Gasteiger partial charge in [0.05, 0.1) is 0 Å². The van der Waals surface area contributed by atoms with E-state index in [-0.39, 0.29) is 5.41 Å². The molecule has 0 bridgehead atoms. The molecule has 0 spiro atoms. The Morgan fingerprint density at radius 1 is 0.800 bits per heavy atom. The first-order chi connectivity index (χ1) is 12.0. The quantitative estimate of drug-likeness (QED) is 0.456. The van der Waals surface area contributed by atoms with E-state index in [2.05, 4.69) is 80.6 Å². The standard InChI is InChI=1S/C24H21Cl/c1-4-7-16-10-12-18(25)15-20(16)17-11-13-23-21(14-17)19-8-5-6-9-22(19)24(23,2)3/h4-15H,1-3H3/b7-4+. The van der Waals surface area contributed by atoms with Crippen LogP contribution in [0.3, 0.4) is 0 Å². The molecule has 0 nitrogen and oxygen atoms in total. The van der Waals surface area contributed by atoms with Crippen molar-refractivity contribution in [2.24, 2.45) is 0 Å². The van der Waals surface area contributed by atoms with Crippen LogP contribution in [0.15, 0.2) is 66.7 Å². The van der Waals surface area contributed by atoms with E-state index in [1.54, 1.807) is 0 Å². The molecule has 4 rings (SSSR count). The number of hydrogen-bond donors (Lipinski definition) is 0. The van der Waals surface area contributed by atoms with Gasteiger partial charge in [-0.2, -0.15) is 0 Å². The average molecular weight is 345 g/mol. The lowest BCUT2D eigenvalue weighted by atomic mass is 9.82. The molecule has 1 aliphatic rings. The third kappa shape index (κ3) is 2.53. The van der Waals surface area contributed by atoms with Crippen LogP contribution in [0.4, 0.5) is 0 Å². The molecule has 25 heavy (non-hydrogen) atoms. The highest BCUT2D eigenvalue weighted by Crippen LogP contribution is 2.49. The van der Waals surface area contributed by atoms with Crippen molar-refractivity contribution in [2.75, 3.05) is 0 Å². The summed E-state index contributed by atoms with van der Waals surface area (Å²) in [6, 6.07) is 21.7. The molecule has 0 fully saturated rings. The van der Waals surface area contributed by atoms with Gasteiger partial charge >= 0.3 is 0 Å². The third-order valence-corrected chi connectivity index (χ3v) is 5.49. The molecule has 124 valence electrons. The Labute approximate surface area is 154 Å². The lowest BCUT2D eigenvalue weighted by Crippen LogP contribution is -2.14. The smallest absolute Gasteiger partial charge is 0.0412 e. The third-order valence-electron chi connectivity index (χ3n) is 5.26. The second-order valence-corrected chi connectivity index (χ2v) is 7.60. The molecule has 0 saturated heterocycles. The Balaban J connectivity index is 1.95. The molecule has 0 aromatic heterocycles. The van der Waals surface area contributed by atoms with Gasteiger partial charge in [-0.3, -0.25) is 0 Å². The van der Waals surface area contributed by atoms with Gasteiger partial charge in [-0.25, -0.2) is 0 Å². The second kappa shape index (κ2) is 5.89. The van der Waals surface area contributed by atoms with Crippen LogP contribution >= 0.6 is 11.6 Å². The molecular weight excluding hydrogens is 324 g/mol. The highest BCUT2D eigenvalue weighted by molar-refractivity contribution is 6.31. The van der Waals surface area contributed by atoms with Crippen LogP contribution in [0.5, 0.6) is 0 Å². The van der Waals surface area contributed by atoms with Crippen LogP contribution in [0.2, 0.25) is 5.02 Å². The van der Waals surface area contributed by atoms with Gasteiger partial charge in [0.25, 0.3) is 0 Å². The molecule has 3 aromatic carbocycles. The molecule has 0 aliphatic heterocycles. The van der Waals surface area contributed by atoms with Gasteiger partial charge in [0.2, 0.25) is 0 Å². The lowest BCUT2D eigenvalue weighted by Gasteiger charge is -2.21. The predicted molar refractivity (Wildman–Crippen MR) is 109 cm³/mol. The van der Waals surface area contributed by atoms with E-state index in [0.29, 0.717) is 0 Å². The fraction of sp³-hybridized carbons (Fsp3) is 0.167. The zero-order valence-corrected chi connectivity index (χ0v) is 15.6. The van der Waals surface area contributed by atoms with Crippen molar-refractivity contribution in [2.45, 2.75) is 26.2 Å². The molecular formula is C24H21Cl. The molecule has 1 aliphatic carbocycles. The van der Waals surface area contributed by atoms with Crippen LogP contribution in [0, 0.1) is 0 Å². The number of hydrogen-bond acceptors (Lipinski definition) is 0. The number of benzene rings is 3. The van der Waals surface area contributed by atoms with Crippen molar-refractivity contribution in [3.63, 3.8) is 0 Å². The molecule has 0 atom stereocenters. The maximum Gasteiger partial charge on any atom is 0.0412 e. The first kappa shape index (κ1) is 16.2. The van der Waals surface area contributed by atoms with Crippen molar-refractivity contribution in [1.29, 1.82) is 0 Å². The van der Waals surface area contributed by atoms with Gasteiger partial charge in [-0.1, -0.05) is 80.1 Å². The minimum Gasteiger partial charge on any atom is -0.0870 e. The number of halogens is 1. The van der Waals surface area contributed by atoms with Gasteiger partial charge < -0.3 is 0 Å². The molecule has 3 aromatic rings. The Hall–Kier alpha value is -2.31. The van der Waals surface area contributed by atoms with E-state index >= 15 is 0 Å². The molecule has 0 saturated carbocycles. The minimum absolute atomic E-state index is 0.0466. The molecule has 1 heteroatoms. The first-order valence-electron chi connectivity index (χ1n) is 8.69. The van der Waals surface area contributed by atoms with Gasteiger partial charge in [-0.15, -0.1) is 0 Å². The summed E-state index contributed by atoms with van der Waals surface area (Å²) < 4.78 is 0. The minimum atomic E-state index is 0.0466. The summed E-state index contributed by atoms with van der Waals surface area (Å²) in [5, 5.41) is 0.768. The number of fused-ring (bicyclic) bond motifs is 3. The Kier molecular flexibility index (Phi) is 3.81. The molecule has 0 radical (unpaired) electrons. The van der Waals surface area contributed by atoms with Crippen molar-refractivity contribution >= 4 is 17.7 Å². The Morgan fingerprint density at radius 3 is 2.36 bits per heavy atom. The summed E-state index contributed by atoms with van der Waals surface area (Å²) in [7, 11) is 0. The average Bonchev–Trinajstić information content (AvgIpc) is 2.85. The van der Waals surface area contributed by atoms with E-state index in [9.17, 15) is 0 Å². The fourth-order valence-electron chi connectivity index (χ4n) is 3.99. The van der Waals surface area contributed by atoms with E-state index in [0.717, 1.165) is 5.02 Å². The summed E-state index contributed by atoms with van der Waals surface area (Å²) in [6.07, 6.45) is 4.20. The maximum absolute atomic E-state index is 6.29. The van der Waals surface area contributed by atoms with Crippen LogP contribution in [-0.2, 0) is 5.41 Å². The molecule has 0 amide bonds. The van der Waals surface area contributed by atoms with Crippen molar-refractivity contribution in [3.05, 3.63) is 88.5 Å². The highest BCUT2D eigenvalue weighted by atomic mass is 35.5. The maximum atomic E-state index is 6.29. The zero-order chi connectivity index (χ0) is 17.6. The van der Waals surface area contributed by atoms with E-state index in [1.807, 2.05) is 13.0 Å². The second-order valence-electron chi connectivity index (χ2n) is 7.16. The van der Waals surface area contributed by atoms with Gasteiger partial charge in [0.1, 0.15) is 0 Å². The van der Waals surface area contributed by atoms with Gasteiger partial charge in [0.15, 0.2) is 0 Å². The summed E-state index contributed by atoms with van der Waals surface area (Å²) >= 11 is 6.29. The first-order valence-corrected chi connectivity index (χ1v) is 9.07. The topological polar surface area (TPSA) is 0 Å². The summed E-state index contributed by atoms with van der Waals surface area (Å²) in [5.74, 6) is 0. The van der Waals surface area contributed by atoms with Crippen molar-refractivity contribution in [3.8, 4) is 22.3 Å². The lowest BCUT2D eigenvalue weighted by molar-refractivity contribution is 0.660. The Bertz CT molecular complexity index is 993.